The van der Waals surface area contributed by atoms with Crippen molar-refractivity contribution in [1.82, 2.24) is 19.6 Å². The maximum atomic E-state index is 13.4. The maximum Gasteiger partial charge on any atom is 0.272 e. The molecule has 1 fully saturated rings. The molecule has 166 valence electrons. The first kappa shape index (κ1) is 20.6. The summed E-state index contributed by atoms with van der Waals surface area (Å²) in [5.74, 6) is 1.91. The Morgan fingerprint density at radius 3 is 2.47 bits per heavy atom. The number of carbonyl (C=O) groups excluding carboxylic acids is 1. The smallest absolute Gasteiger partial charge is 0.272 e. The van der Waals surface area contributed by atoms with E-state index >= 15 is 0 Å². The van der Waals surface area contributed by atoms with Gasteiger partial charge in [-0.15, -0.1) is 0 Å². The van der Waals surface area contributed by atoms with E-state index in [0.717, 1.165) is 42.5 Å². The zero-order chi connectivity index (χ0) is 22.1. The van der Waals surface area contributed by atoms with Crippen molar-refractivity contribution >= 4 is 5.91 Å². The number of aromatic nitrogens is 2. The van der Waals surface area contributed by atoms with Crippen LogP contribution in [0.2, 0.25) is 0 Å². The van der Waals surface area contributed by atoms with Crippen LogP contribution in [0.15, 0.2) is 54.6 Å². The molecule has 2 aromatic carbocycles. The molecule has 32 heavy (non-hydrogen) atoms. The summed E-state index contributed by atoms with van der Waals surface area (Å²) in [6.45, 7) is 8.37. The summed E-state index contributed by atoms with van der Waals surface area (Å²) in [4.78, 5) is 17.8. The minimum absolute atomic E-state index is 0.0379. The lowest BCUT2D eigenvalue weighted by atomic mass is 10.1. The third-order valence-electron chi connectivity index (χ3n) is 6.04. The number of hydrogen-bond donors (Lipinski definition) is 0. The first-order chi connectivity index (χ1) is 15.6. The molecule has 1 saturated heterocycles. The lowest BCUT2D eigenvalue weighted by Crippen LogP contribution is -2.48. The molecule has 7 heteroatoms. The average molecular weight is 433 g/mol. The van der Waals surface area contributed by atoms with Crippen LogP contribution in [0.25, 0.3) is 5.69 Å². The van der Waals surface area contributed by atoms with Crippen LogP contribution in [0.1, 0.15) is 41.5 Å². The average Bonchev–Trinajstić information content (AvgIpc) is 3.47. The van der Waals surface area contributed by atoms with Crippen molar-refractivity contribution in [2.24, 2.45) is 0 Å². The van der Waals surface area contributed by atoms with Crippen LogP contribution in [0, 0.1) is 0 Å². The molecule has 2 aliphatic rings. The van der Waals surface area contributed by atoms with E-state index in [1.165, 1.54) is 5.56 Å². The number of piperazine rings is 1. The van der Waals surface area contributed by atoms with Crippen molar-refractivity contribution in [1.29, 1.82) is 0 Å². The van der Waals surface area contributed by atoms with Gasteiger partial charge >= 0.3 is 0 Å². The lowest BCUT2D eigenvalue weighted by molar-refractivity contribution is 0.0619. The van der Waals surface area contributed by atoms with Crippen molar-refractivity contribution in [3.05, 3.63) is 71.5 Å². The van der Waals surface area contributed by atoms with Crippen LogP contribution in [0.5, 0.6) is 11.5 Å². The fourth-order valence-corrected chi connectivity index (χ4v) is 4.17. The highest BCUT2D eigenvalue weighted by Crippen LogP contribution is 2.33. The van der Waals surface area contributed by atoms with Gasteiger partial charge in [0.2, 0.25) is 6.79 Å². The number of amides is 1. The molecule has 0 unspecified atom stereocenters. The van der Waals surface area contributed by atoms with Crippen molar-refractivity contribution in [3.63, 3.8) is 0 Å². The largest absolute Gasteiger partial charge is 0.454 e. The SMILES string of the molecule is CC(C)c1cc(C(=O)N2CCN(Cc3ccc4c(c3)OCO4)CC2)n(-c2ccccc2)n1. The van der Waals surface area contributed by atoms with Gasteiger partial charge in [0, 0.05) is 32.7 Å². The minimum atomic E-state index is 0.0379. The molecule has 3 aromatic rings. The molecule has 5 rings (SSSR count). The quantitative estimate of drug-likeness (QED) is 0.616. The van der Waals surface area contributed by atoms with Crippen LogP contribution >= 0.6 is 0 Å². The predicted molar refractivity (Wildman–Crippen MR) is 121 cm³/mol. The first-order valence-electron chi connectivity index (χ1n) is 11.1. The number of rotatable bonds is 5. The summed E-state index contributed by atoms with van der Waals surface area (Å²) in [5, 5.41) is 4.73. The Hall–Kier alpha value is -3.32. The number of hydrogen-bond acceptors (Lipinski definition) is 5. The molecular weight excluding hydrogens is 404 g/mol. The van der Waals surface area contributed by atoms with Crippen molar-refractivity contribution in [2.45, 2.75) is 26.3 Å². The number of fused-ring (bicyclic) bond motifs is 1. The fraction of sp³-hybridized carbons (Fsp3) is 0.360. The van der Waals surface area contributed by atoms with Gasteiger partial charge in [0.05, 0.1) is 11.4 Å². The van der Waals surface area contributed by atoms with Crippen LogP contribution in [-0.2, 0) is 6.54 Å². The van der Waals surface area contributed by atoms with Gasteiger partial charge in [0.15, 0.2) is 11.5 Å². The number of nitrogens with zero attached hydrogens (tertiary/aromatic N) is 4. The van der Waals surface area contributed by atoms with E-state index in [1.807, 2.05) is 53.4 Å². The molecule has 3 heterocycles. The standard InChI is InChI=1S/C25H28N4O3/c1-18(2)21-15-22(29(26-21)20-6-4-3-5-7-20)25(30)28-12-10-27(11-13-28)16-19-8-9-23-24(14-19)32-17-31-23/h3-9,14-15,18H,10-13,16-17H2,1-2H3. The molecule has 1 amide bonds. The molecular formula is C25H28N4O3. The lowest BCUT2D eigenvalue weighted by Gasteiger charge is -2.34. The highest BCUT2D eigenvalue weighted by Gasteiger charge is 2.26. The summed E-state index contributed by atoms with van der Waals surface area (Å²) < 4.78 is 12.7. The molecule has 0 atom stereocenters. The normalized spacial score (nSPS) is 16.0. The van der Waals surface area contributed by atoms with E-state index in [0.29, 0.717) is 18.8 Å². The molecule has 0 spiro atoms. The number of ether oxygens (including phenoxy) is 2. The Morgan fingerprint density at radius 1 is 0.969 bits per heavy atom. The van der Waals surface area contributed by atoms with Crippen LogP contribution in [0.4, 0.5) is 0 Å². The predicted octanol–water partition coefficient (Wildman–Crippen LogP) is 3.68. The van der Waals surface area contributed by atoms with Gasteiger partial charge in [-0.3, -0.25) is 9.69 Å². The van der Waals surface area contributed by atoms with E-state index in [2.05, 4.69) is 24.8 Å². The number of carbonyl (C=O) groups is 1. The van der Waals surface area contributed by atoms with Gasteiger partial charge in [-0.25, -0.2) is 4.68 Å². The van der Waals surface area contributed by atoms with Crippen LogP contribution < -0.4 is 9.47 Å². The first-order valence-corrected chi connectivity index (χ1v) is 11.1. The van der Waals surface area contributed by atoms with Crippen molar-refractivity contribution in [2.75, 3.05) is 33.0 Å². The second-order valence-electron chi connectivity index (χ2n) is 8.61. The molecule has 0 radical (unpaired) electrons. The summed E-state index contributed by atoms with van der Waals surface area (Å²) in [6, 6.07) is 17.9. The topological polar surface area (TPSA) is 59.8 Å². The minimum Gasteiger partial charge on any atom is -0.454 e. The van der Waals surface area contributed by atoms with E-state index in [1.54, 1.807) is 4.68 Å². The fourth-order valence-electron chi connectivity index (χ4n) is 4.17. The Morgan fingerprint density at radius 2 is 1.72 bits per heavy atom. The maximum absolute atomic E-state index is 13.4. The Kier molecular flexibility index (Phi) is 5.57. The third kappa shape index (κ3) is 4.08. The summed E-state index contributed by atoms with van der Waals surface area (Å²) in [7, 11) is 0. The molecule has 0 saturated carbocycles. The Bertz CT molecular complexity index is 1100. The van der Waals surface area contributed by atoms with Crippen LogP contribution in [0.3, 0.4) is 0 Å². The van der Waals surface area contributed by atoms with Gasteiger partial charge in [0.1, 0.15) is 5.69 Å². The zero-order valence-electron chi connectivity index (χ0n) is 18.5. The van der Waals surface area contributed by atoms with E-state index in [-0.39, 0.29) is 18.6 Å². The summed E-state index contributed by atoms with van der Waals surface area (Å²) in [6.07, 6.45) is 0. The monoisotopic (exact) mass is 432 g/mol. The van der Waals surface area contributed by atoms with Gasteiger partial charge in [-0.1, -0.05) is 38.1 Å². The van der Waals surface area contributed by atoms with E-state index in [9.17, 15) is 4.79 Å². The number of benzene rings is 2. The van der Waals surface area contributed by atoms with Gasteiger partial charge in [0.25, 0.3) is 5.91 Å². The molecule has 0 bridgehead atoms. The van der Waals surface area contributed by atoms with Crippen molar-refractivity contribution in [3.8, 4) is 17.2 Å². The summed E-state index contributed by atoms with van der Waals surface area (Å²) >= 11 is 0. The Labute approximate surface area is 188 Å². The molecule has 2 aliphatic heterocycles. The van der Waals surface area contributed by atoms with E-state index < -0.39 is 0 Å². The second kappa shape index (κ2) is 8.67. The van der Waals surface area contributed by atoms with Crippen molar-refractivity contribution < 1.29 is 14.3 Å². The highest BCUT2D eigenvalue weighted by molar-refractivity contribution is 5.93. The summed E-state index contributed by atoms with van der Waals surface area (Å²) in [5.41, 5.74) is 3.66. The van der Waals surface area contributed by atoms with E-state index in [4.69, 9.17) is 14.6 Å². The highest BCUT2D eigenvalue weighted by atomic mass is 16.7. The third-order valence-corrected chi connectivity index (χ3v) is 6.04. The van der Waals surface area contributed by atoms with Crippen LogP contribution in [-0.4, -0.2) is 58.5 Å². The second-order valence-corrected chi connectivity index (χ2v) is 8.61. The molecule has 0 aliphatic carbocycles. The Balaban J connectivity index is 1.27. The molecule has 0 N–H and O–H groups in total. The molecule has 1 aromatic heterocycles. The van der Waals surface area contributed by atoms with Gasteiger partial charge in [-0.05, 0) is 41.8 Å². The molecule has 7 nitrogen and oxygen atoms in total. The van der Waals surface area contributed by atoms with Gasteiger partial charge in [-0.2, -0.15) is 5.10 Å². The zero-order valence-corrected chi connectivity index (χ0v) is 18.5. The number of para-hydroxylation sites is 1. The van der Waals surface area contributed by atoms with Gasteiger partial charge < -0.3 is 14.4 Å².